The third kappa shape index (κ3) is 2.33. The van der Waals surface area contributed by atoms with Crippen LogP contribution in [-0.4, -0.2) is 9.78 Å². The first-order chi connectivity index (χ1) is 9.81. The fraction of sp³-hybridized carbons (Fsp3) is 0.471. The number of nitrogens with zero attached hydrogens (tertiary/aromatic N) is 2. The molecule has 1 aliphatic carbocycles. The number of nitrogens with two attached hydrogens (primary N) is 1. The van der Waals surface area contributed by atoms with Crippen LogP contribution in [-0.2, 0) is 6.42 Å². The molecule has 1 fully saturated rings. The Morgan fingerprint density at radius 3 is 2.55 bits per heavy atom. The molecule has 2 aromatic rings. The molecule has 3 heteroatoms. The quantitative estimate of drug-likeness (QED) is 0.909. The molecule has 1 heterocycles. The van der Waals surface area contributed by atoms with Crippen molar-refractivity contribution < 1.29 is 0 Å². The maximum absolute atomic E-state index is 6.39. The van der Waals surface area contributed by atoms with E-state index < -0.39 is 0 Å². The van der Waals surface area contributed by atoms with E-state index in [0.717, 1.165) is 24.3 Å². The molecule has 0 spiro atoms. The lowest BCUT2D eigenvalue weighted by molar-refractivity contribution is 0.670. The number of aromatic nitrogens is 2. The van der Waals surface area contributed by atoms with Crippen LogP contribution < -0.4 is 5.73 Å². The fourth-order valence-corrected chi connectivity index (χ4v) is 3.28. The summed E-state index contributed by atoms with van der Waals surface area (Å²) in [6.45, 7) is 2.21. The average Bonchev–Trinajstić information content (AvgIpc) is 3.10. The van der Waals surface area contributed by atoms with Gasteiger partial charge in [-0.25, -0.2) is 4.68 Å². The van der Waals surface area contributed by atoms with Gasteiger partial charge in [0.25, 0.3) is 0 Å². The van der Waals surface area contributed by atoms with Crippen LogP contribution in [0.2, 0.25) is 0 Å². The predicted molar refractivity (Wildman–Crippen MR) is 83.2 cm³/mol. The van der Waals surface area contributed by atoms with E-state index in [1.54, 1.807) is 0 Å². The summed E-state index contributed by atoms with van der Waals surface area (Å²) < 4.78 is 1.93. The monoisotopic (exact) mass is 269 g/mol. The van der Waals surface area contributed by atoms with Crippen molar-refractivity contribution in [2.24, 2.45) is 0 Å². The molecule has 20 heavy (non-hydrogen) atoms. The maximum atomic E-state index is 6.39. The van der Waals surface area contributed by atoms with E-state index in [1.165, 1.54) is 36.9 Å². The number of para-hydroxylation sites is 1. The predicted octanol–water partition coefficient (Wildman–Crippen LogP) is 4.06. The van der Waals surface area contributed by atoms with Gasteiger partial charge in [-0.1, -0.05) is 44.4 Å². The molecule has 1 saturated carbocycles. The number of hydrogen-bond donors (Lipinski definition) is 1. The second kappa shape index (κ2) is 5.70. The zero-order valence-corrected chi connectivity index (χ0v) is 12.2. The molecular formula is C17H23N3. The van der Waals surface area contributed by atoms with Crippen LogP contribution in [0.3, 0.4) is 0 Å². The van der Waals surface area contributed by atoms with Gasteiger partial charge >= 0.3 is 0 Å². The third-order valence-corrected chi connectivity index (χ3v) is 4.30. The Labute approximate surface area is 120 Å². The molecule has 2 N–H and O–H groups in total. The highest BCUT2D eigenvalue weighted by molar-refractivity contribution is 5.51. The molecule has 1 aromatic heterocycles. The van der Waals surface area contributed by atoms with Crippen LogP contribution in [0.4, 0.5) is 5.82 Å². The molecule has 0 saturated heterocycles. The minimum atomic E-state index is 0.615. The van der Waals surface area contributed by atoms with Gasteiger partial charge in [-0.2, -0.15) is 5.10 Å². The number of benzene rings is 1. The van der Waals surface area contributed by atoms with E-state index >= 15 is 0 Å². The second-order valence-corrected chi connectivity index (χ2v) is 5.73. The largest absolute Gasteiger partial charge is 0.383 e. The van der Waals surface area contributed by atoms with Crippen molar-refractivity contribution in [3.05, 3.63) is 41.6 Å². The van der Waals surface area contributed by atoms with Crippen molar-refractivity contribution in [2.45, 2.75) is 51.4 Å². The molecule has 0 unspecified atom stereocenters. The zero-order valence-electron chi connectivity index (χ0n) is 12.2. The first kappa shape index (κ1) is 13.2. The molecule has 1 aromatic carbocycles. The van der Waals surface area contributed by atoms with E-state index in [2.05, 4.69) is 19.1 Å². The first-order valence-corrected chi connectivity index (χ1v) is 7.74. The highest BCUT2D eigenvalue weighted by Gasteiger charge is 2.25. The SMILES string of the molecule is CCCc1c(C2CCCC2)nn(-c2ccccc2)c1N. The minimum absolute atomic E-state index is 0.615. The number of hydrogen-bond acceptors (Lipinski definition) is 2. The van der Waals surface area contributed by atoms with E-state index in [0.29, 0.717) is 5.92 Å². The number of anilines is 1. The summed E-state index contributed by atoms with van der Waals surface area (Å²) in [6, 6.07) is 10.2. The van der Waals surface area contributed by atoms with Crippen molar-refractivity contribution in [3.63, 3.8) is 0 Å². The molecular weight excluding hydrogens is 246 g/mol. The Morgan fingerprint density at radius 2 is 1.90 bits per heavy atom. The van der Waals surface area contributed by atoms with E-state index in [4.69, 9.17) is 10.8 Å². The molecule has 0 aliphatic heterocycles. The first-order valence-electron chi connectivity index (χ1n) is 7.74. The summed E-state index contributed by atoms with van der Waals surface area (Å²) in [5.41, 5.74) is 9.99. The van der Waals surface area contributed by atoms with Gasteiger partial charge in [0.15, 0.2) is 0 Å². The van der Waals surface area contributed by atoms with Crippen LogP contribution in [0, 0.1) is 0 Å². The average molecular weight is 269 g/mol. The Hall–Kier alpha value is -1.77. The zero-order chi connectivity index (χ0) is 13.9. The normalized spacial score (nSPS) is 15.8. The summed E-state index contributed by atoms with van der Waals surface area (Å²) >= 11 is 0. The molecule has 1 aliphatic rings. The third-order valence-electron chi connectivity index (χ3n) is 4.30. The number of rotatable bonds is 4. The van der Waals surface area contributed by atoms with Crippen LogP contribution >= 0.6 is 0 Å². The smallest absolute Gasteiger partial charge is 0.130 e. The van der Waals surface area contributed by atoms with Gasteiger partial charge in [0.05, 0.1) is 11.4 Å². The Bertz CT molecular complexity index is 565. The molecule has 0 amide bonds. The lowest BCUT2D eigenvalue weighted by Gasteiger charge is -2.07. The van der Waals surface area contributed by atoms with Crippen LogP contribution in [0.1, 0.15) is 56.2 Å². The van der Waals surface area contributed by atoms with Crippen LogP contribution in [0.5, 0.6) is 0 Å². The molecule has 3 rings (SSSR count). The maximum Gasteiger partial charge on any atom is 0.130 e. The Morgan fingerprint density at radius 1 is 1.20 bits per heavy atom. The molecule has 0 radical (unpaired) electrons. The Kier molecular flexibility index (Phi) is 3.77. The van der Waals surface area contributed by atoms with Crippen molar-refractivity contribution in [3.8, 4) is 5.69 Å². The van der Waals surface area contributed by atoms with Gasteiger partial charge in [0, 0.05) is 11.5 Å². The van der Waals surface area contributed by atoms with E-state index in [9.17, 15) is 0 Å². The van der Waals surface area contributed by atoms with Crippen molar-refractivity contribution in [2.75, 3.05) is 5.73 Å². The van der Waals surface area contributed by atoms with Crippen LogP contribution in [0.25, 0.3) is 5.69 Å². The minimum Gasteiger partial charge on any atom is -0.383 e. The fourth-order valence-electron chi connectivity index (χ4n) is 3.28. The highest BCUT2D eigenvalue weighted by atomic mass is 15.3. The topological polar surface area (TPSA) is 43.8 Å². The molecule has 0 atom stereocenters. The summed E-state index contributed by atoms with van der Waals surface area (Å²) in [6.07, 6.45) is 7.33. The highest BCUT2D eigenvalue weighted by Crippen LogP contribution is 2.37. The van der Waals surface area contributed by atoms with Gasteiger partial charge in [-0.15, -0.1) is 0 Å². The lowest BCUT2D eigenvalue weighted by Crippen LogP contribution is -2.02. The molecule has 106 valence electrons. The van der Waals surface area contributed by atoms with Gasteiger partial charge in [0.1, 0.15) is 5.82 Å². The molecule has 3 nitrogen and oxygen atoms in total. The van der Waals surface area contributed by atoms with Gasteiger partial charge in [-0.05, 0) is 31.4 Å². The summed E-state index contributed by atoms with van der Waals surface area (Å²) in [5.74, 6) is 1.45. The second-order valence-electron chi connectivity index (χ2n) is 5.73. The number of nitrogen functional groups attached to an aromatic ring is 1. The Balaban J connectivity index is 2.05. The lowest BCUT2D eigenvalue weighted by atomic mass is 9.98. The molecule has 0 bridgehead atoms. The summed E-state index contributed by atoms with van der Waals surface area (Å²) in [5, 5.41) is 4.87. The van der Waals surface area contributed by atoms with Crippen molar-refractivity contribution >= 4 is 5.82 Å². The van der Waals surface area contributed by atoms with Crippen LogP contribution in [0.15, 0.2) is 30.3 Å². The summed E-state index contributed by atoms with van der Waals surface area (Å²) in [4.78, 5) is 0. The van der Waals surface area contributed by atoms with Crippen molar-refractivity contribution in [1.29, 1.82) is 0 Å². The summed E-state index contributed by atoms with van der Waals surface area (Å²) in [7, 11) is 0. The standard InChI is InChI=1S/C17H23N3/c1-2-8-15-16(13-9-6-7-10-13)19-20(17(15)18)14-11-4-3-5-12-14/h3-5,11-13H,2,6-10,18H2,1H3. The van der Waals surface area contributed by atoms with Gasteiger partial charge in [-0.3, -0.25) is 0 Å². The van der Waals surface area contributed by atoms with Gasteiger partial charge in [0.2, 0.25) is 0 Å². The van der Waals surface area contributed by atoms with E-state index in [-0.39, 0.29) is 0 Å². The van der Waals surface area contributed by atoms with Gasteiger partial charge < -0.3 is 5.73 Å². The van der Waals surface area contributed by atoms with Crippen molar-refractivity contribution in [1.82, 2.24) is 9.78 Å². The van der Waals surface area contributed by atoms with E-state index in [1.807, 2.05) is 22.9 Å².